The minimum Gasteiger partial charge on any atom is -0.345 e. The van der Waals surface area contributed by atoms with E-state index >= 15 is 4.39 Å². The number of aromatic nitrogens is 3. The fourth-order valence-electron chi connectivity index (χ4n) is 4.72. The number of hydrogen-bond donors (Lipinski definition) is 0. The number of benzene rings is 1. The highest BCUT2D eigenvalue weighted by atomic mass is 35.5. The molecule has 6 nitrogen and oxygen atoms in total. The number of halogens is 4. The monoisotopic (exact) mass is 570 g/mol. The van der Waals surface area contributed by atoms with Crippen LogP contribution in [0.15, 0.2) is 59.8 Å². The highest BCUT2D eigenvalue weighted by molar-refractivity contribution is 6.32. The maximum atomic E-state index is 15.4. The van der Waals surface area contributed by atoms with Crippen LogP contribution in [0.5, 0.6) is 0 Å². The van der Waals surface area contributed by atoms with Crippen LogP contribution in [-0.2, 0) is 0 Å². The van der Waals surface area contributed by atoms with Gasteiger partial charge in [0.1, 0.15) is 10.8 Å². The summed E-state index contributed by atoms with van der Waals surface area (Å²) in [5.74, 6) is -0.942. The standard InChI is InChI=1S/C28H22Cl3FN4O2/c1-14-7-21(20-9-19(20)15-8-16(29)12-33-11-15)25(31)28(38)36(14)24-10-23(34-13-22(24)30)17-5-4-6-18(26(17)32)27(37)35(2)3/h4-8,10-13,19-20H,9H2,1-3H3/t19?,20-/m1/s1. The quantitative estimate of drug-likeness (QED) is 0.268. The van der Waals surface area contributed by atoms with Gasteiger partial charge >= 0.3 is 0 Å². The maximum absolute atomic E-state index is 15.4. The summed E-state index contributed by atoms with van der Waals surface area (Å²) in [6.07, 6.45) is 5.53. The third-order valence-corrected chi connectivity index (χ3v) is 7.57. The van der Waals surface area contributed by atoms with Crippen LogP contribution in [0.2, 0.25) is 15.1 Å². The average Bonchev–Trinajstić information content (AvgIpc) is 3.68. The highest BCUT2D eigenvalue weighted by Crippen LogP contribution is 2.56. The van der Waals surface area contributed by atoms with Crippen molar-refractivity contribution in [3.05, 3.63) is 109 Å². The number of carbonyl (C=O) groups excluding carboxylic acids is 1. The van der Waals surface area contributed by atoms with E-state index < -0.39 is 17.3 Å². The second-order valence-corrected chi connectivity index (χ2v) is 10.7. The summed E-state index contributed by atoms with van der Waals surface area (Å²) in [6.45, 7) is 1.78. The van der Waals surface area contributed by atoms with Gasteiger partial charge in [-0.3, -0.25) is 24.1 Å². The molecule has 10 heteroatoms. The molecule has 0 spiro atoms. The fraction of sp³-hybridized carbons (Fsp3) is 0.214. The summed E-state index contributed by atoms with van der Waals surface area (Å²) in [7, 11) is 3.09. The summed E-state index contributed by atoms with van der Waals surface area (Å²) in [5, 5.41) is 0.845. The molecule has 1 aliphatic rings. The topological polar surface area (TPSA) is 68.1 Å². The molecule has 0 aliphatic heterocycles. The largest absolute Gasteiger partial charge is 0.345 e. The molecule has 0 bridgehead atoms. The summed E-state index contributed by atoms with van der Waals surface area (Å²) >= 11 is 19.2. The molecule has 1 aromatic carbocycles. The van der Waals surface area contributed by atoms with E-state index in [4.69, 9.17) is 34.8 Å². The number of amides is 1. The maximum Gasteiger partial charge on any atom is 0.274 e. The van der Waals surface area contributed by atoms with E-state index in [1.807, 2.05) is 12.1 Å². The Kier molecular flexibility index (Phi) is 7.03. The zero-order valence-corrected chi connectivity index (χ0v) is 22.9. The summed E-state index contributed by atoms with van der Waals surface area (Å²) in [5.41, 5.74) is 2.48. The lowest BCUT2D eigenvalue weighted by molar-refractivity contribution is 0.0823. The van der Waals surface area contributed by atoms with Gasteiger partial charge in [0, 0.05) is 43.9 Å². The highest BCUT2D eigenvalue weighted by Gasteiger charge is 2.42. The van der Waals surface area contributed by atoms with E-state index in [0.717, 1.165) is 17.5 Å². The van der Waals surface area contributed by atoms with E-state index in [9.17, 15) is 9.59 Å². The van der Waals surface area contributed by atoms with E-state index in [1.54, 1.807) is 39.5 Å². The number of carbonyl (C=O) groups is 1. The van der Waals surface area contributed by atoms with Gasteiger partial charge in [-0.15, -0.1) is 0 Å². The normalized spacial score (nSPS) is 16.4. The van der Waals surface area contributed by atoms with Crippen molar-refractivity contribution in [1.82, 2.24) is 19.4 Å². The first-order valence-corrected chi connectivity index (χ1v) is 12.9. The van der Waals surface area contributed by atoms with Gasteiger partial charge in [0.2, 0.25) is 0 Å². The number of aryl methyl sites for hydroxylation is 1. The smallest absolute Gasteiger partial charge is 0.274 e. The summed E-state index contributed by atoms with van der Waals surface area (Å²) in [6, 6.07) is 9.78. The van der Waals surface area contributed by atoms with Crippen LogP contribution < -0.4 is 5.56 Å². The van der Waals surface area contributed by atoms with Crippen molar-refractivity contribution in [2.45, 2.75) is 25.2 Å². The van der Waals surface area contributed by atoms with Crippen molar-refractivity contribution >= 4 is 40.7 Å². The molecule has 0 saturated heterocycles. The first-order chi connectivity index (χ1) is 18.1. The second-order valence-electron chi connectivity index (χ2n) is 9.47. The van der Waals surface area contributed by atoms with Gasteiger partial charge in [0.05, 0.1) is 27.0 Å². The van der Waals surface area contributed by atoms with Crippen molar-refractivity contribution in [2.75, 3.05) is 14.1 Å². The minimum absolute atomic E-state index is 0.0679. The van der Waals surface area contributed by atoms with Gasteiger partial charge in [0.25, 0.3) is 11.5 Å². The molecule has 1 saturated carbocycles. The molecule has 3 aromatic heterocycles. The predicted octanol–water partition coefficient (Wildman–Crippen LogP) is 6.68. The lowest BCUT2D eigenvalue weighted by Crippen LogP contribution is -2.23. The van der Waals surface area contributed by atoms with Crippen molar-refractivity contribution in [3.63, 3.8) is 0 Å². The molecule has 5 rings (SSSR count). The van der Waals surface area contributed by atoms with Crippen LogP contribution >= 0.6 is 34.8 Å². The minimum atomic E-state index is -0.709. The van der Waals surface area contributed by atoms with Gasteiger partial charge in [-0.25, -0.2) is 4.39 Å². The predicted molar refractivity (Wildman–Crippen MR) is 147 cm³/mol. The van der Waals surface area contributed by atoms with Crippen molar-refractivity contribution in [1.29, 1.82) is 0 Å². The van der Waals surface area contributed by atoms with Gasteiger partial charge in [-0.1, -0.05) is 40.9 Å². The zero-order valence-electron chi connectivity index (χ0n) is 20.7. The van der Waals surface area contributed by atoms with Crippen LogP contribution in [0.25, 0.3) is 16.9 Å². The van der Waals surface area contributed by atoms with Gasteiger partial charge < -0.3 is 4.90 Å². The molecule has 0 radical (unpaired) electrons. The summed E-state index contributed by atoms with van der Waals surface area (Å²) in [4.78, 5) is 35.7. The SMILES string of the molecule is Cc1cc([C@@H]2CC2c2cncc(Cl)c2)c(Cl)c(=O)n1-c1cc(-c2cccc(C(=O)N(C)C)c2F)ncc1Cl. The lowest BCUT2D eigenvalue weighted by atomic mass is 10.0. The Bertz CT molecular complexity index is 1650. The Morgan fingerprint density at radius 3 is 2.55 bits per heavy atom. The van der Waals surface area contributed by atoms with E-state index in [1.165, 1.54) is 33.9 Å². The van der Waals surface area contributed by atoms with Crippen LogP contribution in [0.4, 0.5) is 4.39 Å². The lowest BCUT2D eigenvalue weighted by Gasteiger charge is -2.16. The van der Waals surface area contributed by atoms with Gasteiger partial charge in [0.15, 0.2) is 0 Å². The van der Waals surface area contributed by atoms with Crippen LogP contribution in [0.3, 0.4) is 0 Å². The Balaban J connectivity index is 1.55. The van der Waals surface area contributed by atoms with Crippen LogP contribution in [-0.4, -0.2) is 39.4 Å². The average molecular weight is 572 g/mol. The van der Waals surface area contributed by atoms with Crippen molar-refractivity contribution < 1.29 is 9.18 Å². The third-order valence-electron chi connectivity index (χ3n) is 6.69. The molecular weight excluding hydrogens is 550 g/mol. The number of nitrogens with zero attached hydrogens (tertiary/aromatic N) is 4. The van der Waals surface area contributed by atoms with E-state index in [-0.39, 0.29) is 38.7 Å². The third kappa shape index (κ3) is 4.70. The molecule has 1 fully saturated rings. The molecule has 38 heavy (non-hydrogen) atoms. The Labute approximate surface area is 233 Å². The molecule has 194 valence electrons. The van der Waals surface area contributed by atoms with E-state index in [2.05, 4.69) is 9.97 Å². The van der Waals surface area contributed by atoms with Gasteiger partial charge in [-0.05, 0) is 66.6 Å². The Hall–Kier alpha value is -3.26. The second kappa shape index (κ2) is 10.1. The number of rotatable bonds is 5. The molecular formula is C28H22Cl3FN4O2. The Morgan fingerprint density at radius 1 is 1.08 bits per heavy atom. The van der Waals surface area contributed by atoms with Crippen molar-refractivity contribution in [2.24, 2.45) is 0 Å². The first-order valence-electron chi connectivity index (χ1n) is 11.8. The molecule has 0 N–H and O–H groups in total. The molecule has 1 unspecified atom stereocenters. The Morgan fingerprint density at radius 2 is 1.84 bits per heavy atom. The van der Waals surface area contributed by atoms with Crippen molar-refractivity contribution in [3.8, 4) is 16.9 Å². The van der Waals surface area contributed by atoms with Gasteiger partial charge in [-0.2, -0.15) is 0 Å². The van der Waals surface area contributed by atoms with Crippen LogP contribution in [0, 0.1) is 12.7 Å². The molecule has 2 atom stereocenters. The van der Waals surface area contributed by atoms with Crippen LogP contribution in [0.1, 0.15) is 45.4 Å². The zero-order chi connectivity index (χ0) is 27.3. The van der Waals surface area contributed by atoms with E-state index in [0.29, 0.717) is 16.4 Å². The molecule has 3 heterocycles. The fourth-order valence-corrected chi connectivity index (χ4v) is 5.37. The summed E-state index contributed by atoms with van der Waals surface area (Å²) < 4.78 is 16.7. The molecule has 4 aromatic rings. The first kappa shape index (κ1) is 26.4. The molecule has 1 amide bonds. The molecule has 1 aliphatic carbocycles. The number of hydrogen-bond acceptors (Lipinski definition) is 4. The number of pyridine rings is 3.